The van der Waals surface area contributed by atoms with Gasteiger partial charge in [0.2, 0.25) is 0 Å². The van der Waals surface area contributed by atoms with Gasteiger partial charge in [-0.3, -0.25) is 0 Å². The minimum absolute atomic E-state index is 0.0836. The molecule has 3 rings (SSSR count). The van der Waals surface area contributed by atoms with Gasteiger partial charge in [-0.2, -0.15) is 0 Å². The van der Waals surface area contributed by atoms with Crippen LogP contribution in [0.2, 0.25) is 0 Å². The summed E-state index contributed by atoms with van der Waals surface area (Å²) in [5.74, 6) is 0.970. The number of ether oxygens (including phenoxy) is 2. The number of urea groups is 1. The first-order valence-electron chi connectivity index (χ1n) is 11.0. The van der Waals surface area contributed by atoms with Crippen LogP contribution in [-0.4, -0.2) is 19.1 Å². The number of hydrogen-bond acceptors (Lipinski definition) is 4. The van der Waals surface area contributed by atoms with E-state index in [2.05, 4.69) is 50.5 Å². The molecule has 0 bridgehead atoms. The molecule has 1 atom stereocenters. The van der Waals surface area contributed by atoms with E-state index < -0.39 is 12.0 Å². The van der Waals surface area contributed by atoms with Crippen molar-refractivity contribution >= 4 is 12.0 Å². The van der Waals surface area contributed by atoms with Crippen LogP contribution < -0.4 is 15.4 Å². The highest BCUT2D eigenvalue weighted by atomic mass is 16.5. The van der Waals surface area contributed by atoms with Gasteiger partial charge in [0, 0.05) is 5.70 Å². The molecule has 1 heterocycles. The first-order chi connectivity index (χ1) is 15.2. The molecule has 1 aliphatic rings. The van der Waals surface area contributed by atoms with Crippen LogP contribution >= 0.6 is 0 Å². The average Bonchev–Trinajstić information content (AvgIpc) is 2.77. The van der Waals surface area contributed by atoms with Gasteiger partial charge in [0.25, 0.3) is 0 Å². The molecule has 32 heavy (non-hydrogen) atoms. The largest absolute Gasteiger partial charge is 0.466 e. The maximum absolute atomic E-state index is 12.5. The lowest BCUT2D eigenvalue weighted by Crippen LogP contribution is -2.45. The van der Waals surface area contributed by atoms with E-state index in [1.54, 1.807) is 0 Å². The second-order valence-corrected chi connectivity index (χ2v) is 8.96. The minimum Gasteiger partial charge on any atom is -0.466 e. The molecule has 0 aliphatic carbocycles. The van der Waals surface area contributed by atoms with Gasteiger partial charge in [0.05, 0.1) is 18.7 Å². The van der Waals surface area contributed by atoms with Crippen LogP contribution in [0, 0.1) is 0 Å². The Morgan fingerprint density at radius 2 is 1.59 bits per heavy atom. The van der Waals surface area contributed by atoms with Gasteiger partial charge in [0.1, 0.15) is 11.5 Å². The summed E-state index contributed by atoms with van der Waals surface area (Å²) in [7, 11) is 1.35. The Kier molecular flexibility index (Phi) is 7.23. The number of esters is 1. The molecule has 6 nitrogen and oxygen atoms in total. The second-order valence-electron chi connectivity index (χ2n) is 8.96. The zero-order chi connectivity index (χ0) is 23.3. The molecule has 0 saturated heterocycles. The highest BCUT2D eigenvalue weighted by molar-refractivity contribution is 5.95. The molecule has 2 aromatic rings. The first-order valence-corrected chi connectivity index (χ1v) is 11.0. The van der Waals surface area contributed by atoms with Crippen LogP contribution in [0.5, 0.6) is 11.5 Å². The quantitative estimate of drug-likeness (QED) is 0.542. The molecule has 0 radical (unpaired) electrons. The van der Waals surface area contributed by atoms with Crippen molar-refractivity contribution < 1.29 is 19.1 Å². The number of methoxy groups -OCH3 is 1. The second kappa shape index (κ2) is 9.90. The number of hydrogen-bond donors (Lipinski definition) is 2. The number of rotatable bonds is 7. The fourth-order valence-electron chi connectivity index (χ4n) is 3.66. The van der Waals surface area contributed by atoms with Crippen molar-refractivity contribution in [2.45, 2.75) is 58.4 Å². The molecular formula is C26H32N2O4. The van der Waals surface area contributed by atoms with Crippen molar-refractivity contribution in [3.05, 3.63) is 70.9 Å². The van der Waals surface area contributed by atoms with Gasteiger partial charge < -0.3 is 20.1 Å². The normalized spacial score (nSPS) is 16.3. The van der Waals surface area contributed by atoms with Crippen LogP contribution in [0.1, 0.15) is 64.1 Å². The van der Waals surface area contributed by atoms with E-state index >= 15 is 0 Å². The third-order valence-corrected chi connectivity index (χ3v) is 5.51. The monoisotopic (exact) mass is 436 g/mol. The number of carbonyl (C=O) groups is 2. The van der Waals surface area contributed by atoms with E-state index in [9.17, 15) is 9.59 Å². The van der Waals surface area contributed by atoms with E-state index in [1.807, 2.05) is 36.4 Å². The number of amides is 2. The summed E-state index contributed by atoms with van der Waals surface area (Å²) < 4.78 is 11.0. The van der Waals surface area contributed by atoms with Crippen molar-refractivity contribution in [1.82, 2.24) is 10.6 Å². The van der Waals surface area contributed by atoms with E-state index in [4.69, 9.17) is 9.47 Å². The minimum atomic E-state index is -0.580. The van der Waals surface area contributed by atoms with Gasteiger partial charge >= 0.3 is 12.0 Å². The summed E-state index contributed by atoms with van der Waals surface area (Å²) in [5.41, 5.74) is 3.16. The predicted octanol–water partition coefficient (Wildman–Crippen LogP) is 5.75. The summed E-state index contributed by atoms with van der Waals surface area (Å²) in [6, 6.07) is 14.5. The van der Waals surface area contributed by atoms with Gasteiger partial charge in [0.15, 0.2) is 0 Å². The maximum Gasteiger partial charge on any atom is 0.337 e. The van der Waals surface area contributed by atoms with Crippen molar-refractivity contribution in [2.24, 2.45) is 0 Å². The summed E-state index contributed by atoms with van der Waals surface area (Å²) in [6.45, 7) is 8.58. The van der Waals surface area contributed by atoms with Crippen LogP contribution in [0.15, 0.2) is 59.8 Å². The summed E-state index contributed by atoms with van der Waals surface area (Å²) in [5, 5.41) is 5.62. The highest BCUT2D eigenvalue weighted by Gasteiger charge is 2.33. The predicted molar refractivity (Wildman–Crippen MR) is 125 cm³/mol. The summed E-state index contributed by atoms with van der Waals surface area (Å²) in [4.78, 5) is 24.8. The standard InChI is InChI=1S/C26H32N2O4/c1-6-7-8-21-22(24(29)31-5)23(28-25(30)27-21)17-9-13-19(14-10-17)32-20-15-11-18(12-16-20)26(2,3)4/h9-16,23H,6-8H2,1-5H3,(H2,27,28,30). The molecule has 170 valence electrons. The van der Waals surface area contributed by atoms with Crippen molar-refractivity contribution in [1.29, 1.82) is 0 Å². The van der Waals surface area contributed by atoms with Crippen LogP contribution in [-0.2, 0) is 14.9 Å². The Bertz CT molecular complexity index is 986. The lowest BCUT2D eigenvalue weighted by atomic mass is 9.87. The zero-order valence-corrected chi connectivity index (χ0v) is 19.5. The molecule has 2 amide bonds. The molecule has 1 unspecified atom stereocenters. The Morgan fingerprint density at radius 3 is 2.12 bits per heavy atom. The fourth-order valence-corrected chi connectivity index (χ4v) is 3.66. The van der Waals surface area contributed by atoms with Crippen LogP contribution in [0.25, 0.3) is 0 Å². The third-order valence-electron chi connectivity index (χ3n) is 5.51. The molecule has 0 saturated carbocycles. The smallest absolute Gasteiger partial charge is 0.337 e. The van der Waals surface area contributed by atoms with Gasteiger partial charge in [-0.25, -0.2) is 9.59 Å². The molecule has 0 aromatic heterocycles. The molecule has 6 heteroatoms. The number of nitrogens with one attached hydrogen (secondary N) is 2. The van der Waals surface area contributed by atoms with Crippen molar-refractivity contribution in [3.8, 4) is 11.5 Å². The van der Waals surface area contributed by atoms with E-state index in [0.29, 0.717) is 23.4 Å². The van der Waals surface area contributed by atoms with E-state index in [1.165, 1.54) is 12.7 Å². The van der Waals surface area contributed by atoms with Gasteiger partial charge in [-0.15, -0.1) is 0 Å². The highest BCUT2D eigenvalue weighted by Crippen LogP contribution is 2.32. The molecule has 2 aromatic carbocycles. The molecule has 2 N–H and O–H groups in total. The SMILES string of the molecule is CCCCC1=C(C(=O)OC)C(c2ccc(Oc3ccc(C(C)(C)C)cc3)cc2)NC(=O)N1. The molecule has 1 aliphatic heterocycles. The van der Waals surface area contributed by atoms with Crippen LogP contribution in [0.3, 0.4) is 0 Å². The fraction of sp³-hybridized carbons (Fsp3) is 0.385. The number of allylic oxidation sites excluding steroid dienone is 1. The van der Waals surface area contributed by atoms with Crippen molar-refractivity contribution in [2.75, 3.05) is 7.11 Å². The van der Waals surface area contributed by atoms with Gasteiger partial charge in [-0.1, -0.05) is 58.4 Å². The third kappa shape index (κ3) is 5.49. The Balaban J connectivity index is 1.83. The molecule has 0 spiro atoms. The van der Waals surface area contributed by atoms with E-state index in [-0.39, 0.29) is 11.4 Å². The van der Waals surface area contributed by atoms with E-state index in [0.717, 1.165) is 24.2 Å². The lowest BCUT2D eigenvalue weighted by Gasteiger charge is -2.29. The Labute approximate surface area is 190 Å². The van der Waals surface area contributed by atoms with Crippen molar-refractivity contribution in [3.63, 3.8) is 0 Å². The summed E-state index contributed by atoms with van der Waals surface area (Å²) >= 11 is 0. The average molecular weight is 437 g/mol. The summed E-state index contributed by atoms with van der Waals surface area (Å²) in [6.07, 6.45) is 2.43. The molecular weight excluding hydrogens is 404 g/mol. The number of unbranched alkanes of at least 4 members (excludes halogenated alkanes) is 1. The topological polar surface area (TPSA) is 76.7 Å². The Hall–Kier alpha value is -3.28. The van der Waals surface area contributed by atoms with Gasteiger partial charge in [-0.05, 0) is 53.6 Å². The number of benzene rings is 2. The first kappa shape index (κ1) is 23.4. The van der Waals surface area contributed by atoms with Crippen LogP contribution in [0.4, 0.5) is 4.79 Å². The molecule has 0 fully saturated rings. The number of carbonyl (C=O) groups excluding carboxylic acids is 2. The lowest BCUT2D eigenvalue weighted by molar-refractivity contribution is -0.136. The zero-order valence-electron chi connectivity index (χ0n) is 19.5. The Morgan fingerprint density at radius 1 is 1.00 bits per heavy atom. The maximum atomic E-state index is 12.5.